The van der Waals surface area contributed by atoms with Crippen LogP contribution in [0.1, 0.15) is 5.56 Å². The summed E-state index contributed by atoms with van der Waals surface area (Å²) in [5.74, 6) is 2.09. The van der Waals surface area contributed by atoms with Crippen LogP contribution in [0.2, 0.25) is 0 Å². The molecule has 0 aliphatic carbocycles. The molecule has 0 radical (unpaired) electrons. The molecule has 1 heterocycles. The minimum atomic E-state index is 0.644. The molecule has 0 unspecified atom stereocenters. The minimum absolute atomic E-state index is 0.644. The Morgan fingerprint density at radius 2 is 1.79 bits per heavy atom. The first-order valence-electron chi connectivity index (χ1n) is 8.69. The number of hydrazone groups is 1. The number of nitrogens with zero attached hydrogens (tertiary/aromatic N) is 3. The molecule has 6 heteroatoms. The lowest BCUT2D eigenvalue weighted by Crippen LogP contribution is -1.99. The van der Waals surface area contributed by atoms with E-state index in [9.17, 15) is 0 Å². The Bertz CT molecular complexity index is 1140. The molecule has 3 aromatic carbocycles. The zero-order valence-corrected chi connectivity index (χ0v) is 16.7. The Morgan fingerprint density at radius 3 is 2.61 bits per heavy atom. The molecule has 0 aliphatic heterocycles. The minimum Gasteiger partial charge on any atom is -0.497 e. The van der Waals surface area contributed by atoms with Gasteiger partial charge in [-0.2, -0.15) is 5.10 Å². The highest BCUT2D eigenvalue weighted by atomic mass is 79.9. The van der Waals surface area contributed by atoms with Crippen LogP contribution in [-0.2, 0) is 0 Å². The molecule has 0 saturated heterocycles. The Hall–Kier alpha value is -3.25. The Kier molecular flexibility index (Phi) is 5.30. The number of hydrogen-bond acceptors (Lipinski definition) is 5. The average Bonchev–Trinajstić information content (AvgIpc) is 2.74. The summed E-state index contributed by atoms with van der Waals surface area (Å²) < 4.78 is 6.26. The molecule has 0 bridgehead atoms. The van der Waals surface area contributed by atoms with Crippen LogP contribution in [0.4, 0.5) is 5.82 Å². The number of ether oxygens (including phenoxy) is 1. The summed E-state index contributed by atoms with van der Waals surface area (Å²) in [5, 5.41) is 5.27. The highest BCUT2D eigenvalue weighted by Crippen LogP contribution is 2.25. The lowest BCUT2D eigenvalue weighted by atomic mass is 10.2. The van der Waals surface area contributed by atoms with Gasteiger partial charge in [0.15, 0.2) is 11.6 Å². The third-order valence-corrected chi connectivity index (χ3v) is 4.71. The van der Waals surface area contributed by atoms with E-state index in [1.807, 2.05) is 72.8 Å². The van der Waals surface area contributed by atoms with Crippen LogP contribution in [-0.4, -0.2) is 23.3 Å². The van der Waals surface area contributed by atoms with Gasteiger partial charge in [-0.3, -0.25) is 5.43 Å². The second-order valence-electron chi connectivity index (χ2n) is 6.07. The molecule has 28 heavy (non-hydrogen) atoms. The molecular formula is C22H17BrN4O. The highest BCUT2D eigenvalue weighted by Gasteiger charge is 2.09. The van der Waals surface area contributed by atoms with Gasteiger partial charge in [0, 0.05) is 15.4 Å². The molecule has 0 fully saturated rings. The molecule has 0 spiro atoms. The number of anilines is 1. The molecule has 0 amide bonds. The highest BCUT2D eigenvalue weighted by molar-refractivity contribution is 9.10. The van der Waals surface area contributed by atoms with Crippen LogP contribution in [0.3, 0.4) is 0 Å². The zero-order valence-electron chi connectivity index (χ0n) is 15.1. The fourth-order valence-electron chi connectivity index (χ4n) is 2.78. The van der Waals surface area contributed by atoms with E-state index >= 15 is 0 Å². The van der Waals surface area contributed by atoms with E-state index in [1.165, 1.54) is 0 Å². The Labute approximate surface area is 171 Å². The second-order valence-corrected chi connectivity index (χ2v) is 6.98. The topological polar surface area (TPSA) is 59.4 Å². The third-order valence-electron chi connectivity index (χ3n) is 4.18. The Balaban J connectivity index is 1.68. The van der Waals surface area contributed by atoms with Crippen molar-refractivity contribution in [2.45, 2.75) is 0 Å². The van der Waals surface area contributed by atoms with Crippen molar-refractivity contribution in [2.75, 3.05) is 12.5 Å². The van der Waals surface area contributed by atoms with E-state index in [0.29, 0.717) is 11.6 Å². The Morgan fingerprint density at radius 1 is 0.964 bits per heavy atom. The summed E-state index contributed by atoms with van der Waals surface area (Å²) in [5.41, 5.74) is 5.79. The van der Waals surface area contributed by atoms with Gasteiger partial charge >= 0.3 is 0 Å². The number of nitrogens with one attached hydrogen (secondary N) is 1. The summed E-state index contributed by atoms with van der Waals surface area (Å²) in [4.78, 5) is 9.38. The third kappa shape index (κ3) is 4.02. The fourth-order valence-corrected chi connectivity index (χ4v) is 3.04. The maximum atomic E-state index is 5.24. The van der Waals surface area contributed by atoms with Crippen molar-refractivity contribution < 1.29 is 4.74 Å². The normalized spacial score (nSPS) is 11.1. The van der Waals surface area contributed by atoms with Gasteiger partial charge in [-0.05, 0) is 42.0 Å². The van der Waals surface area contributed by atoms with Gasteiger partial charge in [0.2, 0.25) is 0 Å². The summed E-state index contributed by atoms with van der Waals surface area (Å²) >= 11 is 3.46. The van der Waals surface area contributed by atoms with Crippen LogP contribution in [0.25, 0.3) is 22.3 Å². The molecule has 4 rings (SSSR count). The molecule has 1 aromatic heterocycles. The zero-order chi connectivity index (χ0) is 19.3. The lowest BCUT2D eigenvalue weighted by molar-refractivity contribution is 0.415. The summed E-state index contributed by atoms with van der Waals surface area (Å²) in [7, 11) is 1.64. The van der Waals surface area contributed by atoms with Gasteiger partial charge < -0.3 is 4.74 Å². The van der Waals surface area contributed by atoms with Crippen molar-refractivity contribution >= 4 is 38.9 Å². The number of benzene rings is 3. The molecule has 0 saturated carbocycles. The number of aromatic nitrogens is 2. The molecule has 0 atom stereocenters. The van der Waals surface area contributed by atoms with Crippen LogP contribution in [0.5, 0.6) is 5.75 Å². The second kappa shape index (κ2) is 8.19. The number of methoxy groups -OCH3 is 1. The van der Waals surface area contributed by atoms with Crippen molar-refractivity contribution in [1.29, 1.82) is 0 Å². The van der Waals surface area contributed by atoms with E-state index in [-0.39, 0.29) is 0 Å². The van der Waals surface area contributed by atoms with Gasteiger partial charge in [-0.15, -0.1) is 0 Å². The summed E-state index contributed by atoms with van der Waals surface area (Å²) in [6.07, 6.45) is 1.73. The quantitative estimate of drug-likeness (QED) is 0.333. The molecule has 5 nitrogen and oxygen atoms in total. The monoisotopic (exact) mass is 432 g/mol. The maximum Gasteiger partial charge on any atom is 0.162 e. The van der Waals surface area contributed by atoms with Crippen molar-refractivity contribution in [2.24, 2.45) is 5.10 Å². The van der Waals surface area contributed by atoms with Gasteiger partial charge in [-0.25, -0.2) is 9.97 Å². The molecule has 0 aliphatic rings. The largest absolute Gasteiger partial charge is 0.497 e. The van der Waals surface area contributed by atoms with Gasteiger partial charge in [0.1, 0.15) is 5.75 Å². The van der Waals surface area contributed by atoms with E-state index in [1.54, 1.807) is 13.3 Å². The van der Waals surface area contributed by atoms with Crippen molar-refractivity contribution in [3.8, 4) is 17.1 Å². The van der Waals surface area contributed by atoms with Crippen molar-refractivity contribution in [3.05, 3.63) is 82.8 Å². The number of fused-ring (bicyclic) bond motifs is 1. The molecular weight excluding hydrogens is 416 g/mol. The molecule has 1 N–H and O–H groups in total. The predicted octanol–water partition coefficient (Wildman–Crippen LogP) is 5.51. The smallest absolute Gasteiger partial charge is 0.162 e. The van der Waals surface area contributed by atoms with E-state index in [4.69, 9.17) is 4.74 Å². The standard InChI is InChI=1S/C22H17BrN4O/c1-28-18-6-4-5-15(13-18)14-24-27-22-19-7-2-3-8-20(19)25-21(26-22)16-9-11-17(23)12-10-16/h2-14H,1H3,(H,25,26,27)/b24-14-. The van der Waals surface area contributed by atoms with Gasteiger partial charge in [0.25, 0.3) is 0 Å². The maximum absolute atomic E-state index is 5.24. The van der Waals surface area contributed by atoms with E-state index in [2.05, 4.69) is 36.4 Å². The number of halogens is 1. The summed E-state index contributed by atoms with van der Waals surface area (Å²) in [6, 6.07) is 23.5. The van der Waals surface area contributed by atoms with Crippen LogP contribution in [0.15, 0.2) is 82.4 Å². The average molecular weight is 433 g/mol. The van der Waals surface area contributed by atoms with Gasteiger partial charge in [0.05, 0.1) is 18.8 Å². The van der Waals surface area contributed by atoms with Gasteiger partial charge in [-0.1, -0.05) is 52.3 Å². The van der Waals surface area contributed by atoms with Crippen LogP contribution in [0, 0.1) is 0 Å². The van der Waals surface area contributed by atoms with E-state index in [0.717, 1.165) is 32.3 Å². The van der Waals surface area contributed by atoms with Crippen molar-refractivity contribution in [1.82, 2.24) is 9.97 Å². The fraction of sp³-hybridized carbons (Fsp3) is 0.0455. The number of hydrogen-bond donors (Lipinski definition) is 1. The van der Waals surface area contributed by atoms with E-state index < -0.39 is 0 Å². The number of para-hydroxylation sites is 1. The summed E-state index contributed by atoms with van der Waals surface area (Å²) in [6.45, 7) is 0. The first kappa shape index (κ1) is 18.1. The number of rotatable bonds is 5. The molecule has 4 aromatic rings. The first-order valence-corrected chi connectivity index (χ1v) is 9.48. The molecule has 138 valence electrons. The van der Waals surface area contributed by atoms with Crippen molar-refractivity contribution in [3.63, 3.8) is 0 Å². The van der Waals surface area contributed by atoms with Crippen LogP contribution >= 0.6 is 15.9 Å². The lowest BCUT2D eigenvalue weighted by Gasteiger charge is -2.08. The van der Waals surface area contributed by atoms with Crippen LogP contribution < -0.4 is 10.2 Å². The first-order chi connectivity index (χ1) is 13.7. The predicted molar refractivity (Wildman–Crippen MR) is 117 cm³/mol. The SMILES string of the molecule is COc1cccc(/C=N\Nc2nc(-c3ccc(Br)cc3)nc3ccccc23)c1.